The molecule has 0 unspecified atom stereocenters. The SMILES string of the molecule is Cc1cc(C)c(C)c(S(=O)(=O)N[C@@H](Cc2ccc3c(c2)NC(=O)[C@@H](CCCNC(=O)OCc2ccccc2)O3)C(=O)O)c1C. The number of anilines is 1. The van der Waals surface area contributed by atoms with Gasteiger partial charge in [-0.1, -0.05) is 42.5 Å². The molecule has 0 fully saturated rings. The second-order valence-electron chi connectivity index (χ2n) is 10.9. The quantitative estimate of drug-likeness (QED) is 0.217. The van der Waals surface area contributed by atoms with E-state index in [0.717, 1.165) is 16.7 Å². The van der Waals surface area contributed by atoms with Crippen LogP contribution in [0, 0.1) is 27.7 Å². The van der Waals surface area contributed by atoms with E-state index in [9.17, 15) is 27.9 Å². The molecule has 4 N–H and O–H groups in total. The smallest absolute Gasteiger partial charge is 0.407 e. The van der Waals surface area contributed by atoms with Crippen LogP contribution in [0.4, 0.5) is 10.5 Å². The highest BCUT2D eigenvalue weighted by Crippen LogP contribution is 2.32. The molecule has 11 nitrogen and oxygen atoms in total. The van der Waals surface area contributed by atoms with E-state index in [0.29, 0.717) is 47.5 Å². The Morgan fingerprint density at radius 2 is 1.68 bits per heavy atom. The number of ether oxygens (including phenoxy) is 2. The molecule has 12 heteroatoms. The van der Waals surface area contributed by atoms with E-state index in [1.807, 2.05) is 50.2 Å². The summed E-state index contributed by atoms with van der Waals surface area (Å²) in [6, 6.07) is 14.6. The molecule has 0 aliphatic carbocycles. The monoisotopic (exact) mass is 623 g/mol. The molecule has 2 amide bonds. The Hall–Kier alpha value is -4.42. The van der Waals surface area contributed by atoms with Crippen LogP contribution in [0.25, 0.3) is 0 Å². The minimum absolute atomic E-state index is 0.0812. The van der Waals surface area contributed by atoms with Crippen molar-refractivity contribution in [3.05, 3.63) is 88.0 Å². The maximum absolute atomic E-state index is 13.4. The Morgan fingerprint density at radius 3 is 2.34 bits per heavy atom. The van der Waals surface area contributed by atoms with Crippen LogP contribution in [0.2, 0.25) is 0 Å². The van der Waals surface area contributed by atoms with E-state index in [-0.39, 0.29) is 23.8 Å². The number of fused-ring (bicyclic) bond motifs is 1. The van der Waals surface area contributed by atoms with E-state index in [4.69, 9.17) is 9.47 Å². The summed E-state index contributed by atoms with van der Waals surface area (Å²) in [7, 11) is -4.16. The third-order valence-electron chi connectivity index (χ3n) is 7.59. The molecular weight excluding hydrogens is 586 g/mol. The Labute approximate surface area is 257 Å². The highest BCUT2D eigenvalue weighted by molar-refractivity contribution is 7.89. The van der Waals surface area contributed by atoms with Crippen molar-refractivity contribution in [2.24, 2.45) is 0 Å². The van der Waals surface area contributed by atoms with Crippen molar-refractivity contribution in [2.75, 3.05) is 11.9 Å². The van der Waals surface area contributed by atoms with Gasteiger partial charge in [-0.25, -0.2) is 13.2 Å². The number of alkyl carbamates (subject to hydrolysis) is 1. The minimum Gasteiger partial charge on any atom is -0.480 e. The van der Waals surface area contributed by atoms with Crippen LogP contribution >= 0.6 is 0 Å². The predicted octanol–water partition coefficient (Wildman–Crippen LogP) is 4.30. The van der Waals surface area contributed by atoms with Gasteiger partial charge in [0.2, 0.25) is 10.0 Å². The van der Waals surface area contributed by atoms with Crippen LogP contribution in [-0.2, 0) is 37.4 Å². The number of rotatable bonds is 12. The standard InChI is InChI=1S/C32H37N3O8S/c1-19-15-20(2)22(4)29(21(19)3)44(40,41)35-26(31(37)38)17-24-12-13-27-25(16-24)34-30(36)28(43-27)11-8-14-33-32(39)42-18-23-9-6-5-7-10-23/h5-7,9-10,12-13,15-16,26,28,35H,8,11,14,17-18H2,1-4H3,(H,33,39)(H,34,36)(H,37,38)/t26-,28+/m0/s1. The molecule has 4 rings (SSSR count). The first-order valence-electron chi connectivity index (χ1n) is 14.2. The number of hydrogen-bond acceptors (Lipinski definition) is 7. The van der Waals surface area contributed by atoms with Gasteiger partial charge in [0.05, 0.1) is 10.6 Å². The van der Waals surface area contributed by atoms with Crippen LogP contribution in [0.3, 0.4) is 0 Å². The molecule has 44 heavy (non-hydrogen) atoms. The zero-order valence-corrected chi connectivity index (χ0v) is 25.9. The number of sulfonamides is 1. The summed E-state index contributed by atoms with van der Waals surface area (Å²) in [6.45, 7) is 7.46. The molecule has 1 aliphatic rings. The van der Waals surface area contributed by atoms with E-state index in [1.54, 1.807) is 32.0 Å². The highest BCUT2D eigenvalue weighted by atomic mass is 32.2. The predicted molar refractivity (Wildman–Crippen MR) is 164 cm³/mol. The van der Waals surface area contributed by atoms with Gasteiger partial charge in [-0.05, 0) is 92.5 Å². The molecule has 0 saturated heterocycles. The van der Waals surface area contributed by atoms with E-state index in [2.05, 4.69) is 15.4 Å². The number of nitrogens with one attached hydrogen (secondary N) is 3. The topological polar surface area (TPSA) is 160 Å². The van der Waals surface area contributed by atoms with Crippen molar-refractivity contribution in [2.45, 2.75) is 70.6 Å². The average molecular weight is 624 g/mol. The van der Waals surface area contributed by atoms with Gasteiger partial charge in [0, 0.05) is 6.54 Å². The first-order chi connectivity index (χ1) is 20.9. The van der Waals surface area contributed by atoms with Gasteiger partial charge in [0.25, 0.3) is 5.91 Å². The summed E-state index contributed by atoms with van der Waals surface area (Å²) < 4.78 is 40.1. The summed E-state index contributed by atoms with van der Waals surface area (Å²) in [6.07, 6.45) is -0.686. The van der Waals surface area contributed by atoms with Crippen LogP contribution in [-0.4, -0.2) is 50.2 Å². The Kier molecular flexibility index (Phi) is 10.3. The second-order valence-corrected chi connectivity index (χ2v) is 12.5. The number of amides is 2. The lowest BCUT2D eigenvalue weighted by Gasteiger charge is -2.26. The summed E-state index contributed by atoms with van der Waals surface area (Å²) in [4.78, 5) is 36.8. The molecule has 0 saturated carbocycles. The normalized spacial score (nSPS) is 15.0. The van der Waals surface area contributed by atoms with Crippen LogP contribution in [0.5, 0.6) is 5.75 Å². The Bertz CT molecular complexity index is 1630. The van der Waals surface area contributed by atoms with Crippen molar-refractivity contribution >= 4 is 33.7 Å². The van der Waals surface area contributed by atoms with Crippen molar-refractivity contribution in [1.29, 1.82) is 0 Å². The average Bonchev–Trinajstić information content (AvgIpc) is 2.97. The summed E-state index contributed by atoms with van der Waals surface area (Å²) in [5.41, 5.74) is 4.44. The zero-order chi connectivity index (χ0) is 32.0. The molecule has 3 aromatic rings. The van der Waals surface area contributed by atoms with E-state index < -0.39 is 34.2 Å². The maximum atomic E-state index is 13.4. The van der Waals surface area contributed by atoms with E-state index in [1.165, 1.54) is 0 Å². The first-order valence-corrected chi connectivity index (χ1v) is 15.7. The van der Waals surface area contributed by atoms with Crippen molar-refractivity contribution in [3.63, 3.8) is 0 Å². The molecule has 1 heterocycles. The summed E-state index contributed by atoms with van der Waals surface area (Å²) >= 11 is 0. The zero-order valence-electron chi connectivity index (χ0n) is 25.1. The number of carbonyl (C=O) groups excluding carboxylic acids is 2. The number of hydrogen-bond donors (Lipinski definition) is 4. The first kappa shape index (κ1) is 32.5. The lowest BCUT2D eigenvalue weighted by Crippen LogP contribution is -2.42. The lowest BCUT2D eigenvalue weighted by atomic mass is 10.0. The number of carboxylic acids is 1. The largest absolute Gasteiger partial charge is 0.480 e. The molecule has 0 radical (unpaired) electrons. The van der Waals surface area contributed by atoms with Crippen molar-refractivity contribution in [1.82, 2.24) is 10.0 Å². The number of aliphatic carboxylic acids is 1. The van der Waals surface area contributed by atoms with Gasteiger partial charge in [0.15, 0.2) is 6.10 Å². The maximum Gasteiger partial charge on any atom is 0.407 e. The van der Waals surface area contributed by atoms with Gasteiger partial charge in [-0.2, -0.15) is 4.72 Å². The minimum atomic E-state index is -4.16. The molecule has 234 valence electrons. The highest BCUT2D eigenvalue weighted by Gasteiger charge is 2.31. The van der Waals surface area contributed by atoms with Crippen LogP contribution in [0.1, 0.15) is 46.2 Å². The molecule has 0 bridgehead atoms. The van der Waals surface area contributed by atoms with Gasteiger partial charge in [0.1, 0.15) is 18.4 Å². The lowest BCUT2D eigenvalue weighted by molar-refractivity contribution is -0.139. The summed E-state index contributed by atoms with van der Waals surface area (Å²) in [5.74, 6) is -1.30. The molecule has 0 aromatic heterocycles. The van der Waals surface area contributed by atoms with Gasteiger partial charge in [-0.15, -0.1) is 0 Å². The Morgan fingerprint density at radius 1 is 1.00 bits per heavy atom. The Balaban J connectivity index is 1.33. The number of carboxylic acid groups (broad SMARTS) is 1. The molecular formula is C32H37N3O8S. The third-order valence-corrected chi connectivity index (χ3v) is 9.33. The summed E-state index contributed by atoms with van der Waals surface area (Å²) in [5, 5.41) is 15.3. The van der Waals surface area contributed by atoms with E-state index >= 15 is 0 Å². The fraction of sp³-hybridized carbons (Fsp3) is 0.344. The van der Waals surface area contributed by atoms with Gasteiger partial charge < -0.3 is 25.2 Å². The molecule has 2 atom stereocenters. The molecule has 1 aliphatic heterocycles. The van der Waals surface area contributed by atoms with Crippen LogP contribution < -0.4 is 20.1 Å². The number of carbonyl (C=O) groups is 3. The number of aryl methyl sites for hydroxylation is 2. The van der Waals surface area contributed by atoms with Gasteiger partial charge in [-0.3, -0.25) is 9.59 Å². The van der Waals surface area contributed by atoms with Gasteiger partial charge >= 0.3 is 12.1 Å². The van der Waals surface area contributed by atoms with Crippen LogP contribution in [0.15, 0.2) is 59.5 Å². The fourth-order valence-corrected chi connectivity index (χ4v) is 6.82. The van der Waals surface area contributed by atoms with Crippen molar-refractivity contribution in [3.8, 4) is 5.75 Å². The van der Waals surface area contributed by atoms with Crippen molar-refractivity contribution < 1.29 is 37.4 Å². The molecule has 0 spiro atoms. The third kappa shape index (κ3) is 7.94. The number of benzene rings is 3. The molecule has 3 aromatic carbocycles. The fourth-order valence-electron chi connectivity index (χ4n) is 5.01. The second kappa shape index (κ2) is 13.9.